The molecule has 0 N–H and O–H groups in total. The average molecular weight is 289 g/mol. The number of benzene rings is 1. The van der Waals surface area contributed by atoms with Crippen molar-refractivity contribution < 1.29 is 13.2 Å². The van der Waals surface area contributed by atoms with Crippen LogP contribution in [0.4, 0.5) is 0 Å². The highest BCUT2D eigenvalue weighted by Gasteiger charge is 2.18. The van der Waals surface area contributed by atoms with Crippen LogP contribution in [0.5, 0.6) is 0 Å². The van der Waals surface area contributed by atoms with Crippen LogP contribution in [0.15, 0.2) is 50.8 Å². The summed E-state index contributed by atoms with van der Waals surface area (Å²) < 4.78 is 24.4. The molecule has 96 valence electrons. The zero-order valence-corrected chi connectivity index (χ0v) is 10.8. The number of carbonyl (C=O) groups is 1. The zero-order chi connectivity index (χ0) is 13.6. The smallest absolute Gasteiger partial charge is 0.274 e. The Morgan fingerprint density at radius 2 is 1.94 bits per heavy atom. The molecule has 1 rings (SSSR count). The Kier molecular flexibility index (Phi) is 4.93. The van der Waals surface area contributed by atoms with Crippen LogP contribution in [0, 0.1) is 0 Å². The predicted octanol–water partition coefficient (Wildman–Crippen LogP) is 1.43. The molecule has 0 bridgehead atoms. The summed E-state index contributed by atoms with van der Waals surface area (Å²) in [6, 6.07) is 7.71. The Morgan fingerprint density at radius 1 is 1.33 bits per heavy atom. The maximum Gasteiger partial charge on any atom is 0.280 e. The van der Waals surface area contributed by atoms with Gasteiger partial charge in [-0.15, -0.1) is 5.10 Å². The summed E-state index contributed by atoms with van der Waals surface area (Å²) in [6.07, 6.45) is 0.702. The van der Waals surface area contributed by atoms with Crippen LogP contribution in [0.1, 0.15) is 0 Å². The first-order chi connectivity index (χ1) is 8.44. The van der Waals surface area contributed by atoms with Crippen molar-refractivity contribution >= 4 is 33.1 Å². The summed E-state index contributed by atoms with van der Waals surface area (Å²) in [4.78, 5) is 10.4. The summed E-state index contributed by atoms with van der Waals surface area (Å²) in [5, 5.41) is 8.78. The van der Waals surface area contributed by atoms with Crippen molar-refractivity contribution in [1.82, 2.24) is 4.41 Å². The largest absolute Gasteiger partial charge is 0.280 e. The summed E-state index contributed by atoms with van der Waals surface area (Å²) >= 11 is 4.96. The number of rotatable bonds is 5. The molecule has 0 saturated heterocycles. The Balaban J connectivity index is 2.84. The fraction of sp³-hybridized carbons (Fsp3) is 0.111. The maximum atomic E-state index is 11.9. The van der Waals surface area contributed by atoms with Crippen molar-refractivity contribution in [1.29, 1.82) is 0 Å². The minimum atomic E-state index is -3.76. The number of carbonyl (C=O) groups excluding carboxylic acids is 1. The van der Waals surface area contributed by atoms with Gasteiger partial charge in [0.25, 0.3) is 15.3 Å². The predicted molar refractivity (Wildman–Crippen MR) is 65.6 cm³/mol. The molecule has 0 spiro atoms. The minimum absolute atomic E-state index is 0.0730. The van der Waals surface area contributed by atoms with E-state index in [1.165, 1.54) is 19.2 Å². The fourth-order valence-electron chi connectivity index (χ4n) is 0.944. The Morgan fingerprint density at radius 3 is 2.50 bits per heavy atom. The molecule has 0 aliphatic rings. The molecule has 0 fully saturated rings. The molecule has 18 heavy (non-hydrogen) atoms. The van der Waals surface area contributed by atoms with E-state index in [4.69, 9.17) is 11.6 Å². The monoisotopic (exact) mass is 288 g/mol. The number of halogens is 1. The molecular weight excluding hydrogens is 280 g/mol. The lowest BCUT2D eigenvalue weighted by Gasteiger charge is -2.10. The SMILES string of the molecule is CN(N=NN=CC(=O)Cl)S(=O)(=O)c1ccccc1. The molecule has 0 aliphatic heterocycles. The van der Waals surface area contributed by atoms with Gasteiger partial charge >= 0.3 is 0 Å². The lowest BCUT2D eigenvalue weighted by molar-refractivity contribution is -0.105. The Bertz CT molecular complexity index is 571. The van der Waals surface area contributed by atoms with Crippen LogP contribution in [-0.4, -0.2) is 31.3 Å². The van der Waals surface area contributed by atoms with E-state index in [0.717, 1.165) is 0 Å². The van der Waals surface area contributed by atoms with Crippen molar-refractivity contribution in [2.75, 3.05) is 7.05 Å². The fourth-order valence-corrected chi connectivity index (χ4v) is 1.92. The molecule has 0 atom stereocenters. The second-order valence-corrected chi connectivity index (χ2v) is 5.30. The third-order valence-electron chi connectivity index (χ3n) is 1.77. The molecule has 0 heterocycles. The van der Waals surface area contributed by atoms with Gasteiger partial charge in [-0.05, 0) is 34.2 Å². The van der Waals surface area contributed by atoms with Crippen molar-refractivity contribution in [3.05, 3.63) is 30.3 Å². The number of nitrogens with zero attached hydrogens (tertiary/aromatic N) is 4. The van der Waals surface area contributed by atoms with E-state index in [0.29, 0.717) is 10.6 Å². The molecule has 0 radical (unpaired) electrons. The van der Waals surface area contributed by atoms with Gasteiger partial charge in [0.15, 0.2) is 0 Å². The highest BCUT2D eigenvalue weighted by molar-refractivity contribution is 7.89. The first-order valence-electron chi connectivity index (χ1n) is 4.62. The van der Waals surface area contributed by atoms with Crippen LogP contribution in [0.3, 0.4) is 0 Å². The zero-order valence-electron chi connectivity index (χ0n) is 9.26. The van der Waals surface area contributed by atoms with Gasteiger partial charge in [0, 0.05) is 7.05 Å². The third kappa shape index (κ3) is 3.90. The van der Waals surface area contributed by atoms with Crippen LogP contribution in [-0.2, 0) is 14.8 Å². The van der Waals surface area contributed by atoms with E-state index in [2.05, 4.69) is 15.5 Å². The van der Waals surface area contributed by atoms with Crippen molar-refractivity contribution in [3.63, 3.8) is 0 Å². The van der Waals surface area contributed by atoms with Crippen LogP contribution < -0.4 is 0 Å². The van der Waals surface area contributed by atoms with Gasteiger partial charge in [0.1, 0.15) is 6.21 Å². The van der Waals surface area contributed by atoms with Crippen LogP contribution in [0.2, 0.25) is 0 Å². The second-order valence-electron chi connectivity index (χ2n) is 2.98. The molecular formula is C9H9ClN4O3S. The lowest BCUT2D eigenvalue weighted by atomic mass is 10.4. The summed E-state index contributed by atoms with van der Waals surface area (Å²) in [5.41, 5.74) is 0. The summed E-state index contributed by atoms with van der Waals surface area (Å²) in [6.45, 7) is 0. The molecule has 0 amide bonds. The van der Waals surface area contributed by atoms with Gasteiger partial charge in [-0.2, -0.15) is 12.8 Å². The van der Waals surface area contributed by atoms with Gasteiger partial charge in [-0.3, -0.25) is 4.79 Å². The van der Waals surface area contributed by atoms with Crippen molar-refractivity contribution in [2.24, 2.45) is 15.5 Å². The van der Waals surface area contributed by atoms with Gasteiger partial charge in [-0.25, -0.2) is 0 Å². The van der Waals surface area contributed by atoms with Crippen molar-refractivity contribution in [3.8, 4) is 0 Å². The minimum Gasteiger partial charge on any atom is -0.274 e. The molecule has 1 aromatic rings. The van der Waals surface area contributed by atoms with Gasteiger partial charge < -0.3 is 0 Å². The van der Waals surface area contributed by atoms with Gasteiger partial charge in [-0.1, -0.05) is 18.2 Å². The number of hydrogen-bond acceptors (Lipinski definition) is 5. The third-order valence-corrected chi connectivity index (χ3v) is 3.50. The Labute approximate surface area is 109 Å². The topological polar surface area (TPSA) is 91.5 Å². The summed E-state index contributed by atoms with van der Waals surface area (Å²) in [7, 11) is -2.56. The first-order valence-corrected chi connectivity index (χ1v) is 6.44. The molecule has 1 aromatic carbocycles. The normalized spacial score (nSPS) is 12.1. The highest BCUT2D eigenvalue weighted by atomic mass is 35.5. The first kappa shape index (κ1) is 14.3. The van der Waals surface area contributed by atoms with Crippen molar-refractivity contribution in [2.45, 2.75) is 4.90 Å². The quantitative estimate of drug-likeness (QED) is 0.355. The van der Waals surface area contributed by atoms with E-state index >= 15 is 0 Å². The van der Waals surface area contributed by atoms with Crippen LogP contribution >= 0.6 is 11.6 Å². The molecule has 7 nitrogen and oxygen atoms in total. The van der Waals surface area contributed by atoms with Gasteiger partial charge in [0.05, 0.1) is 4.90 Å². The number of sulfonamides is 1. The molecule has 0 aliphatic carbocycles. The van der Waals surface area contributed by atoms with Crippen LogP contribution in [0.25, 0.3) is 0 Å². The van der Waals surface area contributed by atoms with E-state index in [1.54, 1.807) is 18.2 Å². The second kappa shape index (κ2) is 6.22. The van der Waals surface area contributed by atoms with E-state index < -0.39 is 15.3 Å². The molecule has 9 heteroatoms. The number of hydrogen-bond donors (Lipinski definition) is 0. The highest BCUT2D eigenvalue weighted by Crippen LogP contribution is 2.13. The average Bonchev–Trinajstić information content (AvgIpc) is 2.35. The van der Waals surface area contributed by atoms with E-state index in [9.17, 15) is 13.2 Å². The Hall–Kier alpha value is -1.80. The summed E-state index contributed by atoms with van der Waals surface area (Å²) in [5.74, 6) is 0. The molecule has 0 unspecified atom stereocenters. The molecule has 0 aromatic heterocycles. The van der Waals surface area contributed by atoms with Gasteiger partial charge in [0.2, 0.25) is 0 Å². The van der Waals surface area contributed by atoms with E-state index in [1.807, 2.05) is 0 Å². The standard InChI is InChI=1S/C9H9ClN4O3S/c1-14(13-12-11-7-9(10)15)18(16,17)8-5-3-2-4-6-8/h2-7H,1H3. The molecule has 0 saturated carbocycles. The maximum absolute atomic E-state index is 11.9. The lowest BCUT2D eigenvalue weighted by Crippen LogP contribution is -2.20. The van der Waals surface area contributed by atoms with E-state index in [-0.39, 0.29) is 4.90 Å².